The molecule has 138 valence electrons. The molecule has 1 amide bonds. The average Bonchev–Trinajstić information content (AvgIpc) is 2.68. The summed E-state index contributed by atoms with van der Waals surface area (Å²) in [6.07, 6.45) is 1.42. The highest BCUT2D eigenvalue weighted by Crippen LogP contribution is 2.26. The first-order valence-corrected chi connectivity index (χ1v) is 9.15. The Hall–Kier alpha value is -2.81. The number of hydrazone groups is 1. The molecule has 0 unspecified atom stereocenters. The van der Waals surface area contributed by atoms with Crippen LogP contribution in [0.1, 0.15) is 5.56 Å². The maximum atomic E-state index is 12.0. The summed E-state index contributed by atoms with van der Waals surface area (Å²) in [6.45, 7) is -0.179. The summed E-state index contributed by atoms with van der Waals surface area (Å²) < 4.78 is 11.5. The van der Waals surface area contributed by atoms with Crippen molar-refractivity contribution in [2.24, 2.45) is 5.10 Å². The monoisotopic (exact) mass is 476 g/mol. The SMILES string of the molecule is COc1ccc(OCC(=O)N/N=C/c2c(O)ccc3ccccc23)c(I)c1. The van der Waals surface area contributed by atoms with Gasteiger partial charge in [-0.2, -0.15) is 5.10 Å². The fourth-order valence-electron chi connectivity index (χ4n) is 2.49. The molecule has 7 heteroatoms. The predicted octanol–water partition coefficient (Wildman–Crippen LogP) is 3.69. The van der Waals surface area contributed by atoms with Crippen LogP contribution in [0.5, 0.6) is 17.2 Å². The van der Waals surface area contributed by atoms with Crippen molar-refractivity contribution in [1.29, 1.82) is 0 Å². The van der Waals surface area contributed by atoms with Gasteiger partial charge in [-0.05, 0) is 57.6 Å². The Kier molecular flexibility index (Phi) is 6.12. The lowest BCUT2D eigenvalue weighted by Gasteiger charge is -2.08. The lowest BCUT2D eigenvalue weighted by Crippen LogP contribution is -2.24. The summed E-state index contributed by atoms with van der Waals surface area (Å²) in [4.78, 5) is 12.0. The van der Waals surface area contributed by atoms with Crippen LogP contribution in [0.4, 0.5) is 0 Å². The predicted molar refractivity (Wildman–Crippen MR) is 113 cm³/mol. The van der Waals surface area contributed by atoms with E-state index in [-0.39, 0.29) is 12.4 Å². The Labute approximate surface area is 169 Å². The standard InChI is InChI=1S/C20H17IN2O4/c1-26-14-7-9-19(17(21)10-14)27-12-20(25)23-22-11-16-15-5-3-2-4-13(15)6-8-18(16)24/h2-11,24H,12H2,1H3,(H,23,25)/b22-11+. The van der Waals surface area contributed by atoms with Crippen molar-refractivity contribution in [3.63, 3.8) is 0 Å². The molecule has 0 fully saturated rings. The van der Waals surface area contributed by atoms with Gasteiger partial charge in [0.15, 0.2) is 6.61 Å². The first-order chi connectivity index (χ1) is 13.1. The third kappa shape index (κ3) is 4.68. The van der Waals surface area contributed by atoms with Gasteiger partial charge in [0.2, 0.25) is 0 Å². The maximum Gasteiger partial charge on any atom is 0.277 e. The molecule has 27 heavy (non-hydrogen) atoms. The number of rotatable bonds is 6. The number of phenols is 1. The highest BCUT2D eigenvalue weighted by atomic mass is 127. The van der Waals surface area contributed by atoms with Crippen LogP contribution in [0.25, 0.3) is 10.8 Å². The van der Waals surface area contributed by atoms with E-state index in [1.807, 2.05) is 36.4 Å². The first kappa shape index (κ1) is 19.0. The number of phenolic OH excluding ortho intramolecular Hbond substituents is 1. The Morgan fingerprint density at radius 3 is 2.81 bits per heavy atom. The van der Waals surface area contributed by atoms with Gasteiger partial charge in [0, 0.05) is 5.56 Å². The number of benzene rings is 3. The van der Waals surface area contributed by atoms with E-state index in [1.165, 1.54) is 6.21 Å². The number of hydrogen-bond acceptors (Lipinski definition) is 5. The minimum Gasteiger partial charge on any atom is -0.507 e. The fraction of sp³-hybridized carbons (Fsp3) is 0.100. The molecule has 0 atom stereocenters. The van der Waals surface area contributed by atoms with Gasteiger partial charge in [0.05, 0.1) is 16.9 Å². The van der Waals surface area contributed by atoms with Crippen LogP contribution in [0.2, 0.25) is 0 Å². The van der Waals surface area contributed by atoms with Crippen LogP contribution >= 0.6 is 22.6 Å². The Morgan fingerprint density at radius 1 is 1.22 bits per heavy atom. The molecule has 0 saturated heterocycles. The third-order valence-corrected chi connectivity index (χ3v) is 4.67. The van der Waals surface area contributed by atoms with Crippen molar-refractivity contribution >= 4 is 45.5 Å². The van der Waals surface area contributed by atoms with Gasteiger partial charge >= 0.3 is 0 Å². The summed E-state index contributed by atoms with van der Waals surface area (Å²) in [5.41, 5.74) is 2.94. The van der Waals surface area contributed by atoms with E-state index in [0.29, 0.717) is 11.3 Å². The van der Waals surface area contributed by atoms with Gasteiger partial charge in [-0.1, -0.05) is 30.3 Å². The molecular weight excluding hydrogens is 459 g/mol. The molecule has 3 aromatic rings. The third-order valence-electron chi connectivity index (χ3n) is 3.83. The zero-order valence-electron chi connectivity index (χ0n) is 14.5. The first-order valence-electron chi connectivity index (χ1n) is 8.07. The molecule has 0 aliphatic carbocycles. The normalized spacial score (nSPS) is 10.9. The number of nitrogens with zero attached hydrogens (tertiary/aromatic N) is 1. The van der Waals surface area contributed by atoms with Gasteiger partial charge in [0.1, 0.15) is 17.2 Å². The molecule has 2 N–H and O–H groups in total. The highest BCUT2D eigenvalue weighted by molar-refractivity contribution is 14.1. The topological polar surface area (TPSA) is 80.2 Å². The second kappa shape index (κ2) is 8.72. The number of aromatic hydroxyl groups is 1. The number of carbonyl (C=O) groups is 1. The summed E-state index contributed by atoms with van der Waals surface area (Å²) in [7, 11) is 1.59. The van der Waals surface area contributed by atoms with Crippen LogP contribution in [0, 0.1) is 3.57 Å². The van der Waals surface area contributed by atoms with Gasteiger partial charge in [-0.25, -0.2) is 5.43 Å². The van der Waals surface area contributed by atoms with Crippen molar-refractivity contribution in [3.8, 4) is 17.2 Å². The molecular formula is C20H17IN2O4. The zero-order valence-corrected chi connectivity index (χ0v) is 16.6. The molecule has 0 aromatic heterocycles. The van der Waals surface area contributed by atoms with E-state index in [9.17, 15) is 9.90 Å². The van der Waals surface area contributed by atoms with Gasteiger partial charge < -0.3 is 14.6 Å². The Balaban J connectivity index is 1.62. The summed E-state index contributed by atoms with van der Waals surface area (Å²) in [6, 6.07) is 16.4. The van der Waals surface area contributed by atoms with Crippen molar-refractivity contribution in [1.82, 2.24) is 5.43 Å². The second-order valence-corrected chi connectivity index (χ2v) is 6.76. The van der Waals surface area contributed by atoms with E-state index in [4.69, 9.17) is 9.47 Å². The van der Waals surface area contributed by atoms with E-state index in [1.54, 1.807) is 25.3 Å². The zero-order chi connectivity index (χ0) is 19.2. The lowest BCUT2D eigenvalue weighted by atomic mass is 10.0. The molecule has 0 bridgehead atoms. The van der Waals surface area contributed by atoms with Gasteiger partial charge in [-0.15, -0.1) is 0 Å². The van der Waals surface area contributed by atoms with Crippen LogP contribution in [0.15, 0.2) is 59.7 Å². The van der Waals surface area contributed by atoms with Crippen molar-refractivity contribution in [2.45, 2.75) is 0 Å². The quantitative estimate of drug-likeness (QED) is 0.323. The fourth-order valence-corrected chi connectivity index (χ4v) is 3.13. The van der Waals surface area contributed by atoms with Crippen LogP contribution in [-0.2, 0) is 4.79 Å². The molecule has 3 aromatic carbocycles. The second-order valence-electron chi connectivity index (χ2n) is 5.60. The smallest absolute Gasteiger partial charge is 0.277 e. The van der Waals surface area contributed by atoms with E-state index < -0.39 is 5.91 Å². The number of nitrogens with one attached hydrogen (secondary N) is 1. The van der Waals surface area contributed by atoms with Crippen LogP contribution < -0.4 is 14.9 Å². The molecule has 0 aliphatic rings. The molecule has 0 radical (unpaired) electrons. The maximum absolute atomic E-state index is 12.0. The number of carbonyl (C=O) groups excluding carboxylic acids is 1. The Morgan fingerprint density at radius 2 is 2.04 bits per heavy atom. The van der Waals surface area contributed by atoms with E-state index in [2.05, 4.69) is 33.1 Å². The van der Waals surface area contributed by atoms with Crippen molar-refractivity contribution < 1.29 is 19.4 Å². The van der Waals surface area contributed by atoms with Gasteiger partial charge in [-0.3, -0.25) is 4.79 Å². The van der Waals surface area contributed by atoms with Gasteiger partial charge in [0.25, 0.3) is 5.91 Å². The molecule has 0 heterocycles. The van der Waals surface area contributed by atoms with E-state index >= 15 is 0 Å². The number of methoxy groups -OCH3 is 1. The number of ether oxygens (including phenoxy) is 2. The Bertz CT molecular complexity index is 1000. The molecule has 0 aliphatic heterocycles. The average molecular weight is 476 g/mol. The minimum atomic E-state index is -0.405. The molecule has 0 spiro atoms. The number of amides is 1. The van der Waals surface area contributed by atoms with E-state index in [0.717, 1.165) is 20.1 Å². The summed E-state index contributed by atoms with van der Waals surface area (Å²) >= 11 is 2.11. The van der Waals surface area contributed by atoms with Crippen LogP contribution in [0.3, 0.4) is 0 Å². The summed E-state index contributed by atoms with van der Waals surface area (Å²) in [5.74, 6) is 0.992. The minimum absolute atomic E-state index is 0.0933. The highest BCUT2D eigenvalue weighted by Gasteiger charge is 2.07. The molecule has 6 nitrogen and oxygen atoms in total. The molecule has 3 rings (SSSR count). The lowest BCUT2D eigenvalue weighted by molar-refractivity contribution is -0.123. The largest absolute Gasteiger partial charge is 0.507 e. The number of fused-ring (bicyclic) bond motifs is 1. The number of hydrogen-bond donors (Lipinski definition) is 2. The molecule has 0 saturated carbocycles. The van der Waals surface area contributed by atoms with Crippen molar-refractivity contribution in [2.75, 3.05) is 13.7 Å². The number of halogens is 1. The summed E-state index contributed by atoms with van der Waals surface area (Å²) in [5, 5.41) is 15.8. The van der Waals surface area contributed by atoms with Crippen LogP contribution in [-0.4, -0.2) is 30.9 Å². The van der Waals surface area contributed by atoms with Crippen molar-refractivity contribution in [3.05, 3.63) is 63.7 Å².